The van der Waals surface area contributed by atoms with Crippen LogP contribution in [0.1, 0.15) is 23.2 Å². The van der Waals surface area contributed by atoms with Crippen LogP contribution in [0.4, 0.5) is 0 Å². The Kier molecular flexibility index (Phi) is 7.85. The SMILES string of the molecule is COCCCN1CCCN(S(=O)(=O)c2cc(C(=O)OC)ccc2Cl)CC1. The number of rotatable bonds is 7. The molecule has 1 heterocycles. The molecule has 0 N–H and O–H groups in total. The lowest BCUT2D eigenvalue weighted by atomic mass is 10.2. The molecule has 9 heteroatoms. The van der Waals surface area contributed by atoms with Crippen molar-refractivity contribution in [3.8, 4) is 0 Å². The van der Waals surface area contributed by atoms with E-state index in [-0.39, 0.29) is 15.5 Å². The van der Waals surface area contributed by atoms with Crippen molar-refractivity contribution in [2.75, 3.05) is 53.6 Å². The molecule has 0 radical (unpaired) electrons. The summed E-state index contributed by atoms with van der Waals surface area (Å²) in [6.07, 6.45) is 1.65. The first kappa shape index (κ1) is 21.1. The van der Waals surface area contributed by atoms with E-state index in [4.69, 9.17) is 16.3 Å². The van der Waals surface area contributed by atoms with Gasteiger partial charge in [0, 0.05) is 39.9 Å². The maximum absolute atomic E-state index is 13.0. The molecule has 0 aliphatic carbocycles. The summed E-state index contributed by atoms with van der Waals surface area (Å²) in [4.78, 5) is 13.9. The second kappa shape index (κ2) is 9.66. The number of carbonyl (C=O) groups is 1. The van der Waals surface area contributed by atoms with E-state index in [2.05, 4.69) is 9.64 Å². The van der Waals surface area contributed by atoms with Crippen molar-refractivity contribution in [2.45, 2.75) is 17.7 Å². The zero-order valence-electron chi connectivity index (χ0n) is 15.1. The van der Waals surface area contributed by atoms with E-state index in [1.165, 1.54) is 29.6 Å². The van der Waals surface area contributed by atoms with Crippen LogP contribution in [0.2, 0.25) is 5.02 Å². The molecular formula is C17H25ClN2O5S. The molecule has 0 unspecified atom stereocenters. The Morgan fingerprint density at radius 1 is 1.19 bits per heavy atom. The lowest BCUT2D eigenvalue weighted by Gasteiger charge is -2.22. The molecule has 2 rings (SSSR count). The molecule has 0 saturated carbocycles. The van der Waals surface area contributed by atoms with Gasteiger partial charge >= 0.3 is 5.97 Å². The van der Waals surface area contributed by atoms with Crippen molar-refractivity contribution in [3.05, 3.63) is 28.8 Å². The second-order valence-electron chi connectivity index (χ2n) is 6.08. The minimum absolute atomic E-state index is 0.0603. The van der Waals surface area contributed by atoms with Gasteiger partial charge in [0.05, 0.1) is 17.7 Å². The first-order valence-electron chi connectivity index (χ1n) is 8.49. The van der Waals surface area contributed by atoms with Gasteiger partial charge in [0.2, 0.25) is 10.0 Å². The number of methoxy groups -OCH3 is 2. The van der Waals surface area contributed by atoms with Crippen molar-refractivity contribution >= 4 is 27.6 Å². The third kappa shape index (κ3) is 5.17. The number of hydrogen-bond acceptors (Lipinski definition) is 6. The quantitative estimate of drug-likeness (QED) is 0.510. The number of nitrogens with zero attached hydrogens (tertiary/aromatic N) is 2. The number of benzene rings is 1. The molecule has 0 aromatic heterocycles. The van der Waals surface area contributed by atoms with Crippen LogP contribution in [0, 0.1) is 0 Å². The van der Waals surface area contributed by atoms with E-state index >= 15 is 0 Å². The first-order valence-corrected chi connectivity index (χ1v) is 10.3. The molecule has 7 nitrogen and oxygen atoms in total. The van der Waals surface area contributed by atoms with E-state index in [1.54, 1.807) is 7.11 Å². The van der Waals surface area contributed by atoms with Crippen molar-refractivity contribution in [1.29, 1.82) is 0 Å². The molecule has 0 bridgehead atoms. The lowest BCUT2D eigenvalue weighted by Crippen LogP contribution is -2.35. The first-order chi connectivity index (χ1) is 12.4. The van der Waals surface area contributed by atoms with E-state index in [1.807, 2.05) is 0 Å². The smallest absolute Gasteiger partial charge is 0.337 e. The summed E-state index contributed by atoms with van der Waals surface area (Å²) in [5, 5.41) is 0.0962. The van der Waals surface area contributed by atoms with Crippen LogP contribution < -0.4 is 0 Å². The normalized spacial score (nSPS) is 17.0. The van der Waals surface area contributed by atoms with E-state index in [0.717, 1.165) is 25.9 Å². The predicted molar refractivity (Wildman–Crippen MR) is 99.1 cm³/mol. The number of hydrogen-bond donors (Lipinski definition) is 0. The average Bonchev–Trinajstić information content (AvgIpc) is 2.88. The van der Waals surface area contributed by atoms with Crippen LogP contribution in [0.5, 0.6) is 0 Å². The Bertz CT molecular complexity index is 726. The molecule has 1 saturated heterocycles. The van der Waals surface area contributed by atoms with Gasteiger partial charge < -0.3 is 14.4 Å². The Labute approximate surface area is 159 Å². The number of ether oxygens (including phenoxy) is 2. The third-order valence-electron chi connectivity index (χ3n) is 4.34. The molecule has 1 aromatic rings. The van der Waals surface area contributed by atoms with Crippen molar-refractivity contribution in [3.63, 3.8) is 0 Å². The van der Waals surface area contributed by atoms with Gasteiger partial charge in [-0.05, 0) is 37.6 Å². The highest BCUT2D eigenvalue weighted by Gasteiger charge is 2.29. The van der Waals surface area contributed by atoms with E-state index in [9.17, 15) is 13.2 Å². The summed E-state index contributed by atoms with van der Waals surface area (Å²) in [6, 6.07) is 4.15. The Hall–Kier alpha value is -1.19. The largest absolute Gasteiger partial charge is 0.465 e. The Balaban J connectivity index is 2.16. The summed E-state index contributed by atoms with van der Waals surface area (Å²) in [7, 11) is -0.869. The molecule has 0 spiro atoms. The predicted octanol–water partition coefficient (Wildman–Crippen LogP) is 1.86. The molecule has 1 aliphatic heterocycles. The van der Waals surface area contributed by atoms with Crippen LogP contribution in [0.15, 0.2) is 23.1 Å². The van der Waals surface area contributed by atoms with Gasteiger partial charge in [-0.15, -0.1) is 0 Å². The minimum Gasteiger partial charge on any atom is -0.465 e. The highest BCUT2D eigenvalue weighted by atomic mass is 35.5. The highest BCUT2D eigenvalue weighted by Crippen LogP contribution is 2.27. The molecule has 0 atom stereocenters. The van der Waals surface area contributed by atoms with Crippen LogP contribution in [0.25, 0.3) is 0 Å². The molecule has 1 fully saturated rings. The monoisotopic (exact) mass is 404 g/mol. The molecule has 1 aromatic carbocycles. The van der Waals surface area contributed by atoms with Crippen LogP contribution in [-0.4, -0.2) is 77.1 Å². The summed E-state index contributed by atoms with van der Waals surface area (Å²) in [6.45, 7) is 3.85. The number of carbonyl (C=O) groups excluding carboxylic acids is 1. The van der Waals surface area contributed by atoms with Gasteiger partial charge in [-0.2, -0.15) is 4.31 Å². The second-order valence-corrected chi connectivity index (χ2v) is 8.40. The van der Waals surface area contributed by atoms with Crippen LogP contribution in [-0.2, 0) is 19.5 Å². The van der Waals surface area contributed by atoms with Gasteiger partial charge in [0.1, 0.15) is 4.90 Å². The summed E-state index contributed by atoms with van der Waals surface area (Å²) >= 11 is 6.12. The maximum atomic E-state index is 13.0. The number of sulfonamides is 1. The molecule has 146 valence electrons. The number of halogens is 1. The molecular weight excluding hydrogens is 380 g/mol. The standard InChI is InChI=1S/C17H25ClN2O5S/c1-24-12-4-8-19-7-3-9-20(11-10-19)26(22,23)16-13-14(17(21)25-2)5-6-15(16)18/h5-6,13H,3-4,7-12H2,1-2H3. The molecule has 0 amide bonds. The van der Waals surface area contributed by atoms with Crippen molar-refractivity contribution in [2.24, 2.45) is 0 Å². The molecule has 26 heavy (non-hydrogen) atoms. The Morgan fingerprint density at radius 2 is 1.96 bits per heavy atom. The van der Waals surface area contributed by atoms with E-state index < -0.39 is 16.0 Å². The van der Waals surface area contributed by atoms with E-state index in [0.29, 0.717) is 26.2 Å². The van der Waals surface area contributed by atoms with Gasteiger partial charge in [-0.3, -0.25) is 0 Å². The highest BCUT2D eigenvalue weighted by molar-refractivity contribution is 7.89. The lowest BCUT2D eigenvalue weighted by molar-refractivity contribution is 0.0600. The van der Waals surface area contributed by atoms with Crippen LogP contribution >= 0.6 is 11.6 Å². The summed E-state index contributed by atoms with van der Waals surface area (Å²) in [5.41, 5.74) is 0.159. The third-order valence-corrected chi connectivity index (χ3v) is 6.72. The fourth-order valence-corrected chi connectivity index (χ4v) is 4.90. The minimum atomic E-state index is -3.79. The maximum Gasteiger partial charge on any atom is 0.337 e. The molecule has 1 aliphatic rings. The van der Waals surface area contributed by atoms with Gasteiger partial charge in [-0.1, -0.05) is 11.6 Å². The summed E-state index contributed by atoms with van der Waals surface area (Å²) < 4.78 is 37.2. The number of esters is 1. The van der Waals surface area contributed by atoms with Crippen LogP contribution in [0.3, 0.4) is 0 Å². The zero-order valence-corrected chi connectivity index (χ0v) is 16.7. The fraction of sp³-hybridized carbons (Fsp3) is 0.588. The van der Waals surface area contributed by atoms with Crippen molar-refractivity contribution in [1.82, 2.24) is 9.21 Å². The topological polar surface area (TPSA) is 76.2 Å². The van der Waals surface area contributed by atoms with Gasteiger partial charge in [0.15, 0.2) is 0 Å². The zero-order chi connectivity index (χ0) is 19.2. The fourth-order valence-electron chi connectivity index (χ4n) is 2.93. The Morgan fingerprint density at radius 3 is 2.65 bits per heavy atom. The van der Waals surface area contributed by atoms with Crippen molar-refractivity contribution < 1.29 is 22.7 Å². The average molecular weight is 405 g/mol. The van der Waals surface area contributed by atoms with Gasteiger partial charge in [0.25, 0.3) is 0 Å². The van der Waals surface area contributed by atoms with Gasteiger partial charge in [-0.25, -0.2) is 13.2 Å². The summed E-state index contributed by atoms with van der Waals surface area (Å²) in [5.74, 6) is -0.599.